The number of amides is 1. The van der Waals surface area contributed by atoms with E-state index in [0.29, 0.717) is 19.4 Å². The lowest BCUT2D eigenvalue weighted by Gasteiger charge is -2.23. The molecule has 4 heteroatoms. The van der Waals surface area contributed by atoms with E-state index in [0.717, 1.165) is 36.7 Å². The average Bonchev–Trinajstić information content (AvgIpc) is 2.43. The Labute approximate surface area is 136 Å². The second kappa shape index (κ2) is 12.4. The van der Waals surface area contributed by atoms with Crippen LogP contribution in [0.15, 0.2) is 24.3 Å². The van der Waals surface area contributed by atoms with Crippen LogP contribution in [0, 0.1) is 0 Å². The summed E-state index contributed by atoms with van der Waals surface area (Å²) < 4.78 is 0.871. The molecule has 2 N–H and O–H groups in total. The van der Waals surface area contributed by atoms with Crippen LogP contribution in [0.4, 0.5) is 0 Å². The van der Waals surface area contributed by atoms with E-state index in [1.807, 2.05) is 0 Å². The van der Waals surface area contributed by atoms with Crippen LogP contribution in [-0.2, 0) is 4.79 Å². The number of allylic oxidation sites excluding steroid dienone is 4. The summed E-state index contributed by atoms with van der Waals surface area (Å²) in [4.78, 5) is 11.7. The van der Waals surface area contributed by atoms with Crippen molar-refractivity contribution in [2.75, 3.05) is 34.2 Å². The Hall–Kier alpha value is -1.13. The van der Waals surface area contributed by atoms with Gasteiger partial charge < -0.3 is 14.9 Å². The molecular formula is C18H35N2O2+. The predicted molar refractivity (Wildman–Crippen MR) is 93.6 cm³/mol. The molecule has 0 aliphatic carbocycles. The van der Waals surface area contributed by atoms with E-state index in [1.165, 1.54) is 0 Å². The molecule has 0 unspecified atom stereocenters. The number of nitrogens with one attached hydrogen (secondary N) is 1. The molecular weight excluding hydrogens is 276 g/mol. The molecule has 0 heterocycles. The van der Waals surface area contributed by atoms with Crippen LogP contribution >= 0.6 is 0 Å². The zero-order valence-electron chi connectivity index (χ0n) is 14.8. The van der Waals surface area contributed by atoms with Crippen LogP contribution in [0.1, 0.15) is 45.4 Å². The molecule has 0 aliphatic rings. The van der Waals surface area contributed by atoms with E-state index >= 15 is 0 Å². The summed E-state index contributed by atoms with van der Waals surface area (Å²) in [5.41, 5.74) is 0. The summed E-state index contributed by atoms with van der Waals surface area (Å²) in [6.45, 7) is 3.45. The van der Waals surface area contributed by atoms with E-state index in [9.17, 15) is 9.90 Å². The highest BCUT2D eigenvalue weighted by Gasteiger charge is 2.10. The summed E-state index contributed by atoms with van der Waals surface area (Å²) in [5, 5.41) is 12.6. The summed E-state index contributed by atoms with van der Waals surface area (Å²) in [6.07, 6.45) is 13.0. The van der Waals surface area contributed by atoms with Gasteiger partial charge in [0.1, 0.15) is 0 Å². The molecule has 0 fully saturated rings. The van der Waals surface area contributed by atoms with Crippen molar-refractivity contribution < 1.29 is 14.4 Å². The van der Waals surface area contributed by atoms with Crippen LogP contribution in [0.5, 0.6) is 0 Å². The fourth-order valence-corrected chi connectivity index (χ4v) is 1.98. The van der Waals surface area contributed by atoms with Gasteiger partial charge in [-0.1, -0.05) is 31.2 Å². The van der Waals surface area contributed by atoms with Gasteiger partial charge in [0.15, 0.2) is 0 Å². The lowest BCUT2D eigenvalue weighted by Crippen LogP contribution is -2.37. The van der Waals surface area contributed by atoms with Gasteiger partial charge in [0, 0.05) is 19.4 Å². The fourth-order valence-electron chi connectivity index (χ4n) is 1.98. The lowest BCUT2D eigenvalue weighted by molar-refractivity contribution is -0.870. The van der Waals surface area contributed by atoms with Gasteiger partial charge in [-0.15, -0.1) is 0 Å². The number of hydrogen-bond donors (Lipinski definition) is 2. The minimum absolute atomic E-state index is 0.0349. The number of hydrogen-bond acceptors (Lipinski definition) is 2. The van der Waals surface area contributed by atoms with Gasteiger partial charge in [-0.3, -0.25) is 4.79 Å². The van der Waals surface area contributed by atoms with Crippen LogP contribution in [0.25, 0.3) is 0 Å². The van der Waals surface area contributed by atoms with Gasteiger partial charge in [0.2, 0.25) is 5.91 Å². The average molecular weight is 311 g/mol. The maximum Gasteiger partial charge on any atom is 0.220 e. The zero-order chi connectivity index (χ0) is 16.8. The number of aliphatic hydroxyl groups excluding tert-OH is 1. The normalized spacial score (nSPS) is 13.9. The molecule has 0 aliphatic heterocycles. The van der Waals surface area contributed by atoms with E-state index in [2.05, 4.69) is 57.7 Å². The first kappa shape index (κ1) is 20.9. The zero-order valence-corrected chi connectivity index (χ0v) is 14.8. The van der Waals surface area contributed by atoms with Gasteiger partial charge in [-0.05, 0) is 25.7 Å². The van der Waals surface area contributed by atoms with E-state index < -0.39 is 6.10 Å². The van der Waals surface area contributed by atoms with Gasteiger partial charge in [-0.25, -0.2) is 0 Å². The Bertz CT molecular complexity index is 343. The van der Waals surface area contributed by atoms with Crippen LogP contribution in [0.2, 0.25) is 0 Å². The topological polar surface area (TPSA) is 49.3 Å². The van der Waals surface area contributed by atoms with Crippen molar-refractivity contribution in [3.63, 3.8) is 0 Å². The third kappa shape index (κ3) is 15.3. The van der Waals surface area contributed by atoms with Crippen molar-refractivity contribution in [1.29, 1.82) is 0 Å². The van der Waals surface area contributed by atoms with E-state index in [4.69, 9.17) is 0 Å². The number of nitrogens with zero attached hydrogens (tertiary/aromatic N) is 1. The molecule has 4 nitrogen and oxygen atoms in total. The Morgan fingerprint density at radius 1 is 1.18 bits per heavy atom. The summed E-state index contributed by atoms with van der Waals surface area (Å²) in [6, 6.07) is 0. The highest BCUT2D eigenvalue weighted by atomic mass is 16.3. The van der Waals surface area contributed by atoms with Crippen molar-refractivity contribution in [2.24, 2.45) is 0 Å². The van der Waals surface area contributed by atoms with Crippen molar-refractivity contribution >= 4 is 5.91 Å². The van der Waals surface area contributed by atoms with Crippen LogP contribution in [-0.4, -0.2) is 55.8 Å². The van der Waals surface area contributed by atoms with Crippen LogP contribution < -0.4 is 5.32 Å². The van der Waals surface area contributed by atoms with Crippen molar-refractivity contribution in [3.05, 3.63) is 24.3 Å². The first-order valence-corrected chi connectivity index (χ1v) is 8.40. The fraction of sp³-hybridized carbons (Fsp3) is 0.722. The van der Waals surface area contributed by atoms with Gasteiger partial charge in [0.05, 0.1) is 33.8 Å². The third-order valence-corrected chi connectivity index (χ3v) is 3.28. The largest absolute Gasteiger partial charge is 0.391 e. The SMILES string of the molecule is CC/C=C/C/C=C/CC[C@@H](O)CNC(=O)CCC[N+](C)(C)C. The number of aliphatic hydroxyl groups is 1. The maximum atomic E-state index is 11.7. The van der Waals surface area contributed by atoms with Crippen LogP contribution in [0.3, 0.4) is 0 Å². The number of rotatable bonds is 12. The molecule has 0 rings (SSSR count). The molecule has 0 aromatic heterocycles. The van der Waals surface area contributed by atoms with E-state index in [1.54, 1.807) is 0 Å². The molecule has 0 aromatic carbocycles. The van der Waals surface area contributed by atoms with E-state index in [-0.39, 0.29) is 5.91 Å². The smallest absolute Gasteiger partial charge is 0.220 e. The van der Waals surface area contributed by atoms with Gasteiger partial charge >= 0.3 is 0 Å². The van der Waals surface area contributed by atoms with Gasteiger partial charge in [-0.2, -0.15) is 0 Å². The molecule has 0 saturated heterocycles. The Morgan fingerprint density at radius 3 is 2.50 bits per heavy atom. The molecule has 0 radical (unpaired) electrons. The molecule has 0 spiro atoms. The number of quaternary nitrogens is 1. The summed E-state index contributed by atoms with van der Waals surface area (Å²) in [5.74, 6) is 0.0349. The Kier molecular flexibility index (Phi) is 11.8. The monoisotopic (exact) mass is 311 g/mol. The standard InChI is InChI=1S/C18H34N2O2/c1-5-6-7-8-9-10-11-13-17(21)16-19-18(22)14-12-15-20(2,3)4/h6-7,9-10,17,21H,5,8,11-16H2,1-4H3/p+1/b7-6+,10-9+/t17-/m1/s1. The second-order valence-corrected chi connectivity index (χ2v) is 6.74. The summed E-state index contributed by atoms with van der Waals surface area (Å²) in [7, 11) is 6.35. The quantitative estimate of drug-likeness (QED) is 0.430. The van der Waals surface area contributed by atoms with Crippen molar-refractivity contribution in [2.45, 2.75) is 51.6 Å². The highest BCUT2D eigenvalue weighted by Crippen LogP contribution is 2.00. The number of carbonyl (C=O) groups is 1. The molecule has 128 valence electrons. The first-order chi connectivity index (χ1) is 10.3. The highest BCUT2D eigenvalue weighted by molar-refractivity contribution is 5.75. The Morgan fingerprint density at radius 2 is 1.86 bits per heavy atom. The lowest BCUT2D eigenvalue weighted by atomic mass is 10.1. The second-order valence-electron chi connectivity index (χ2n) is 6.74. The molecule has 0 bridgehead atoms. The minimum atomic E-state index is -0.460. The maximum absolute atomic E-state index is 11.7. The number of carbonyl (C=O) groups excluding carboxylic acids is 1. The van der Waals surface area contributed by atoms with Crippen molar-refractivity contribution in [3.8, 4) is 0 Å². The first-order valence-electron chi connectivity index (χ1n) is 8.40. The van der Waals surface area contributed by atoms with Crippen molar-refractivity contribution in [1.82, 2.24) is 5.32 Å². The molecule has 0 saturated carbocycles. The molecule has 0 aromatic rings. The molecule has 1 amide bonds. The minimum Gasteiger partial charge on any atom is -0.391 e. The molecule has 1 atom stereocenters. The molecule has 22 heavy (non-hydrogen) atoms. The Balaban J connectivity index is 3.61. The third-order valence-electron chi connectivity index (χ3n) is 3.28. The predicted octanol–water partition coefficient (Wildman–Crippen LogP) is 2.64. The summed E-state index contributed by atoms with van der Waals surface area (Å²) >= 11 is 0. The van der Waals surface area contributed by atoms with Gasteiger partial charge in [0.25, 0.3) is 0 Å².